The van der Waals surface area contributed by atoms with Crippen molar-refractivity contribution in [3.8, 4) is 0 Å². The standard InChI is InChI=1S/C12H25NO2/c1-2-8-15-9-7-13-10-11-5-3-4-6-12(11)14/h11-14H,2-10H2,1H3. The van der Waals surface area contributed by atoms with Gasteiger partial charge in [-0.2, -0.15) is 0 Å². The molecule has 90 valence electrons. The first-order valence-electron chi connectivity index (χ1n) is 6.31. The van der Waals surface area contributed by atoms with Gasteiger partial charge in [-0.3, -0.25) is 0 Å². The van der Waals surface area contributed by atoms with Crippen LogP contribution in [0.5, 0.6) is 0 Å². The Hall–Kier alpha value is -0.120. The Kier molecular flexibility index (Phi) is 6.98. The van der Waals surface area contributed by atoms with Crippen molar-refractivity contribution in [3.05, 3.63) is 0 Å². The predicted molar refractivity (Wildman–Crippen MR) is 61.9 cm³/mol. The lowest BCUT2D eigenvalue weighted by atomic mass is 9.86. The molecule has 1 fully saturated rings. The molecule has 0 aromatic heterocycles. The molecule has 0 radical (unpaired) electrons. The van der Waals surface area contributed by atoms with Gasteiger partial charge in [0.05, 0.1) is 12.7 Å². The van der Waals surface area contributed by atoms with Crippen LogP contribution >= 0.6 is 0 Å². The van der Waals surface area contributed by atoms with Crippen LogP contribution in [0.25, 0.3) is 0 Å². The maximum absolute atomic E-state index is 9.74. The number of aliphatic hydroxyl groups excluding tert-OH is 1. The molecule has 1 aliphatic rings. The van der Waals surface area contributed by atoms with Gasteiger partial charge in [-0.1, -0.05) is 19.8 Å². The van der Waals surface area contributed by atoms with E-state index in [-0.39, 0.29) is 6.10 Å². The van der Waals surface area contributed by atoms with Crippen molar-refractivity contribution >= 4 is 0 Å². The van der Waals surface area contributed by atoms with Crippen molar-refractivity contribution < 1.29 is 9.84 Å². The monoisotopic (exact) mass is 215 g/mol. The van der Waals surface area contributed by atoms with Gasteiger partial charge in [-0.15, -0.1) is 0 Å². The summed E-state index contributed by atoms with van der Waals surface area (Å²) in [5.41, 5.74) is 0. The molecule has 1 saturated carbocycles. The Morgan fingerprint density at radius 3 is 2.80 bits per heavy atom. The average molecular weight is 215 g/mol. The summed E-state index contributed by atoms with van der Waals surface area (Å²) >= 11 is 0. The molecule has 0 heterocycles. The minimum Gasteiger partial charge on any atom is -0.393 e. The predicted octanol–water partition coefficient (Wildman–Crippen LogP) is 1.55. The molecule has 1 aliphatic carbocycles. The normalized spacial score (nSPS) is 26.8. The van der Waals surface area contributed by atoms with E-state index in [4.69, 9.17) is 4.74 Å². The highest BCUT2D eigenvalue weighted by atomic mass is 16.5. The Bertz CT molecular complexity index is 153. The third-order valence-electron chi connectivity index (χ3n) is 3.05. The third kappa shape index (κ3) is 5.50. The molecule has 3 heteroatoms. The summed E-state index contributed by atoms with van der Waals surface area (Å²) < 4.78 is 5.37. The zero-order chi connectivity index (χ0) is 10.9. The van der Waals surface area contributed by atoms with Crippen LogP contribution in [0.3, 0.4) is 0 Å². The fourth-order valence-corrected chi connectivity index (χ4v) is 2.10. The van der Waals surface area contributed by atoms with Crippen LogP contribution in [0.1, 0.15) is 39.0 Å². The first-order valence-corrected chi connectivity index (χ1v) is 6.31. The van der Waals surface area contributed by atoms with E-state index in [2.05, 4.69) is 12.2 Å². The summed E-state index contributed by atoms with van der Waals surface area (Å²) in [5.74, 6) is 0.463. The molecule has 0 aromatic rings. The van der Waals surface area contributed by atoms with Gasteiger partial charge in [0.25, 0.3) is 0 Å². The second-order valence-electron chi connectivity index (χ2n) is 4.43. The smallest absolute Gasteiger partial charge is 0.0590 e. The Labute approximate surface area is 93.2 Å². The number of aliphatic hydroxyl groups is 1. The highest BCUT2D eigenvalue weighted by Crippen LogP contribution is 2.23. The van der Waals surface area contributed by atoms with Gasteiger partial charge in [0, 0.05) is 19.7 Å². The number of hydrogen-bond acceptors (Lipinski definition) is 3. The Morgan fingerprint density at radius 1 is 1.27 bits per heavy atom. The lowest BCUT2D eigenvalue weighted by Gasteiger charge is -2.27. The Morgan fingerprint density at radius 2 is 2.07 bits per heavy atom. The Balaban J connectivity index is 1.94. The first kappa shape index (κ1) is 12.9. The largest absolute Gasteiger partial charge is 0.393 e. The summed E-state index contributed by atoms with van der Waals surface area (Å²) in [7, 11) is 0. The highest BCUT2D eigenvalue weighted by molar-refractivity contribution is 4.75. The number of hydrogen-bond donors (Lipinski definition) is 2. The van der Waals surface area contributed by atoms with Crippen molar-refractivity contribution in [2.75, 3.05) is 26.3 Å². The minimum absolute atomic E-state index is 0.0807. The molecule has 0 aliphatic heterocycles. The van der Waals surface area contributed by atoms with E-state index < -0.39 is 0 Å². The van der Waals surface area contributed by atoms with Crippen molar-refractivity contribution in [3.63, 3.8) is 0 Å². The first-order chi connectivity index (χ1) is 7.34. The molecule has 0 amide bonds. The molecular weight excluding hydrogens is 190 g/mol. The number of nitrogens with one attached hydrogen (secondary N) is 1. The van der Waals surface area contributed by atoms with Crippen molar-refractivity contribution in [1.82, 2.24) is 5.32 Å². The zero-order valence-corrected chi connectivity index (χ0v) is 9.87. The van der Waals surface area contributed by atoms with Crippen molar-refractivity contribution in [1.29, 1.82) is 0 Å². The van der Waals surface area contributed by atoms with E-state index in [0.29, 0.717) is 5.92 Å². The SMILES string of the molecule is CCCOCCNCC1CCCCC1O. The summed E-state index contributed by atoms with van der Waals surface area (Å²) in [4.78, 5) is 0. The highest BCUT2D eigenvalue weighted by Gasteiger charge is 2.21. The summed E-state index contributed by atoms with van der Waals surface area (Å²) in [6.45, 7) is 5.61. The second kappa shape index (κ2) is 8.08. The molecular formula is C12H25NO2. The van der Waals surface area contributed by atoms with Gasteiger partial charge in [-0.25, -0.2) is 0 Å². The molecule has 0 bridgehead atoms. The molecule has 2 N–H and O–H groups in total. The fraction of sp³-hybridized carbons (Fsp3) is 1.00. The lowest BCUT2D eigenvalue weighted by molar-refractivity contribution is 0.0673. The molecule has 3 nitrogen and oxygen atoms in total. The van der Waals surface area contributed by atoms with Crippen molar-refractivity contribution in [2.24, 2.45) is 5.92 Å². The quantitative estimate of drug-likeness (QED) is 0.633. The molecule has 15 heavy (non-hydrogen) atoms. The van der Waals surface area contributed by atoms with E-state index in [0.717, 1.165) is 39.1 Å². The van der Waals surface area contributed by atoms with Gasteiger partial charge >= 0.3 is 0 Å². The number of ether oxygens (including phenoxy) is 1. The van der Waals surface area contributed by atoms with Gasteiger partial charge < -0.3 is 15.2 Å². The van der Waals surface area contributed by atoms with Crippen LogP contribution in [0.2, 0.25) is 0 Å². The zero-order valence-electron chi connectivity index (χ0n) is 9.87. The third-order valence-corrected chi connectivity index (χ3v) is 3.05. The van der Waals surface area contributed by atoms with E-state index in [1.54, 1.807) is 0 Å². The van der Waals surface area contributed by atoms with Crippen LogP contribution in [0.4, 0.5) is 0 Å². The maximum atomic E-state index is 9.74. The topological polar surface area (TPSA) is 41.5 Å². The summed E-state index contributed by atoms with van der Waals surface area (Å²) in [6.07, 6.45) is 5.62. The van der Waals surface area contributed by atoms with E-state index in [1.165, 1.54) is 19.3 Å². The van der Waals surface area contributed by atoms with Crippen LogP contribution in [-0.4, -0.2) is 37.5 Å². The number of rotatable bonds is 7. The fourth-order valence-electron chi connectivity index (χ4n) is 2.10. The van der Waals surface area contributed by atoms with Crippen LogP contribution in [-0.2, 0) is 4.74 Å². The molecule has 1 rings (SSSR count). The molecule has 2 unspecified atom stereocenters. The van der Waals surface area contributed by atoms with Crippen LogP contribution < -0.4 is 5.32 Å². The van der Waals surface area contributed by atoms with Gasteiger partial charge in [0.2, 0.25) is 0 Å². The molecule has 0 spiro atoms. The van der Waals surface area contributed by atoms with E-state index in [9.17, 15) is 5.11 Å². The molecule has 2 atom stereocenters. The molecule has 0 saturated heterocycles. The van der Waals surface area contributed by atoms with Crippen molar-refractivity contribution in [2.45, 2.75) is 45.1 Å². The summed E-state index contributed by atoms with van der Waals surface area (Å²) in [6, 6.07) is 0. The second-order valence-corrected chi connectivity index (χ2v) is 4.43. The lowest BCUT2D eigenvalue weighted by Crippen LogP contribution is -2.35. The summed E-state index contributed by atoms with van der Waals surface area (Å²) in [5, 5.41) is 13.1. The van der Waals surface area contributed by atoms with E-state index >= 15 is 0 Å². The van der Waals surface area contributed by atoms with Gasteiger partial charge in [-0.05, 0) is 25.2 Å². The minimum atomic E-state index is -0.0807. The molecule has 0 aromatic carbocycles. The average Bonchev–Trinajstić information content (AvgIpc) is 2.25. The maximum Gasteiger partial charge on any atom is 0.0590 e. The van der Waals surface area contributed by atoms with E-state index in [1.807, 2.05) is 0 Å². The van der Waals surface area contributed by atoms with Crippen LogP contribution in [0.15, 0.2) is 0 Å². The van der Waals surface area contributed by atoms with Crippen LogP contribution in [0, 0.1) is 5.92 Å². The van der Waals surface area contributed by atoms with Gasteiger partial charge in [0.15, 0.2) is 0 Å². The van der Waals surface area contributed by atoms with Gasteiger partial charge in [0.1, 0.15) is 0 Å².